The lowest BCUT2D eigenvalue weighted by Gasteiger charge is -2.39. The van der Waals surface area contributed by atoms with Crippen LogP contribution in [0.5, 0.6) is 0 Å². The summed E-state index contributed by atoms with van der Waals surface area (Å²) in [6.07, 6.45) is 5.96. The molecule has 0 radical (unpaired) electrons. The number of rotatable bonds is 16. The Kier molecular flexibility index (Phi) is 15.0. The molecule has 228 valence electrons. The van der Waals surface area contributed by atoms with Crippen LogP contribution in [-0.4, -0.2) is 88.4 Å². The highest BCUT2D eigenvalue weighted by molar-refractivity contribution is 6.01. The molecular weight excluding hydrogens is 518 g/mol. The van der Waals surface area contributed by atoms with Crippen molar-refractivity contribution in [1.82, 2.24) is 5.32 Å². The fourth-order valence-corrected chi connectivity index (χ4v) is 4.95. The second-order valence-electron chi connectivity index (χ2n) is 11.3. The Morgan fingerprint density at radius 1 is 1.10 bits per heavy atom. The van der Waals surface area contributed by atoms with Crippen LogP contribution in [-0.2, 0) is 23.9 Å². The van der Waals surface area contributed by atoms with Crippen LogP contribution in [0.15, 0.2) is 23.8 Å². The fourth-order valence-electron chi connectivity index (χ4n) is 4.95. The molecule has 2 fully saturated rings. The van der Waals surface area contributed by atoms with Gasteiger partial charge >= 0.3 is 5.97 Å². The molecule has 2 saturated heterocycles. The Labute approximate surface area is 237 Å². The lowest BCUT2D eigenvalue weighted by molar-refractivity contribution is -0.187. The summed E-state index contributed by atoms with van der Waals surface area (Å²) in [5, 5.41) is 44.1. The first-order chi connectivity index (χ1) is 19.0. The number of allylic oxidation sites excluding steroid dienone is 1. The molecule has 0 aliphatic carbocycles. The Morgan fingerprint density at radius 2 is 1.80 bits per heavy atom. The van der Waals surface area contributed by atoms with Gasteiger partial charge in [0, 0.05) is 25.0 Å². The van der Waals surface area contributed by atoms with E-state index in [9.17, 15) is 34.8 Å². The Morgan fingerprint density at radius 3 is 2.50 bits per heavy atom. The van der Waals surface area contributed by atoms with Crippen molar-refractivity contribution in [1.29, 1.82) is 0 Å². The van der Waals surface area contributed by atoms with E-state index in [1.807, 2.05) is 19.1 Å². The average Bonchev–Trinajstić information content (AvgIpc) is 2.92. The van der Waals surface area contributed by atoms with Crippen molar-refractivity contribution >= 4 is 17.7 Å². The van der Waals surface area contributed by atoms with Crippen molar-refractivity contribution in [2.24, 2.45) is 17.8 Å². The summed E-state index contributed by atoms with van der Waals surface area (Å²) in [5.74, 6) is -1.61. The van der Waals surface area contributed by atoms with Crippen molar-refractivity contribution in [3.8, 4) is 0 Å². The quantitative estimate of drug-likeness (QED) is 0.0617. The molecule has 10 nitrogen and oxygen atoms in total. The number of nitrogens with one attached hydrogen (secondary N) is 1. The summed E-state index contributed by atoms with van der Waals surface area (Å²) in [7, 11) is 0. The summed E-state index contributed by atoms with van der Waals surface area (Å²) in [5.41, 5.74) is 0.265. The standard InChI is InChI=1S/C30H49NO9/c1-19(21(3)32)11-9-12-22-18-40-29(28(37)27(22)36)26(35)20(2)17-25(34)39-16-8-6-4-5-7-14-24(33)23-13-10-15-31-30(23)38/h9,11,17,19,21-23,26-29,32,35-37H,4-8,10,12-16,18H2,1-3H3,(H,31,38)/b11-9+,20-17+/t19-,21+,22+,23+,26-,27-,28-,29+/m1/s1. The second-order valence-corrected chi connectivity index (χ2v) is 11.3. The molecule has 0 bridgehead atoms. The lowest BCUT2D eigenvalue weighted by atomic mass is 9.86. The van der Waals surface area contributed by atoms with Gasteiger partial charge in [0.25, 0.3) is 0 Å². The smallest absolute Gasteiger partial charge is 0.330 e. The van der Waals surface area contributed by atoms with E-state index in [1.165, 1.54) is 6.08 Å². The Balaban J connectivity index is 1.63. The number of carbonyl (C=O) groups is 3. The number of ether oxygens (including phenoxy) is 2. The molecule has 5 N–H and O–H groups in total. The third kappa shape index (κ3) is 11.0. The number of piperidine rings is 1. The van der Waals surface area contributed by atoms with Crippen LogP contribution >= 0.6 is 0 Å². The van der Waals surface area contributed by atoms with E-state index in [4.69, 9.17) is 9.47 Å². The van der Waals surface area contributed by atoms with E-state index in [0.717, 1.165) is 32.1 Å². The summed E-state index contributed by atoms with van der Waals surface area (Å²) in [6, 6.07) is 0. The maximum atomic E-state index is 12.2. The number of carbonyl (C=O) groups excluding carboxylic acids is 3. The average molecular weight is 568 g/mol. The van der Waals surface area contributed by atoms with E-state index in [-0.39, 0.29) is 42.3 Å². The number of unbranched alkanes of at least 4 members (excludes halogenated alkanes) is 4. The van der Waals surface area contributed by atoms with Gasteiger partial charge in [0.2, 0.25) is 5.91 Å². The Hall–Kier alpha value is -2.11. The highest BCUT2D eigenvalue weighted by atomic mass is 16.5. The van der Waals surface area contributed by atoms with E-state index in [1.54, 1.807) is 13.8 Å². The zero-order chi connectivity index (χ0) is 29.7. The maximum absolute atomic E-state index is 12.2. The predicted octanol–water partition coefficient (Wildman–Crippen LogP) is 1.97. The van der Waals surface area contributed by atoms with Gasteiger partial charge in [0.05, 0.1) is 31.3 Å². The first-order valence-electron chi connectivity index (χ1n) is 14.7. The molecule has 2 aliphatic rings. The molecule has 0 saturated carbocycles. The number of amides is 1. The fraction of sp³-hybridized carbons (Fsp3) is 0.767. The first kappa shape index (κ1) is 34.1. The monoisotopic (exact) mass is 567 g/mol. The molecule has 2 heterocycles. The lowest BCUT2D eigenvalue weighted by Crippen LogP contribution is -2.54. The Bertz CT molecular complexity index is 871. The van der Waals surface area contributed by atoms with Gasteiger partial charge in [0.1, 0.15) is 24.1 Å². The molecule has 2 rings (SSSR count). The van der Waals surface area contributed by atoms with Crippen LogP contribution in [0.3, 0.4) is 0 Å². The minimum Gasteiger partial charge on any atom is -0.463 e. The minimum atomic E-state index is -1.33. The molecule has 0 aromatic rings. The zero-order valence-electron chi connectivity index (χ0n) is 24.2. The van der Waals surface area contributed by atoms with E-state index in [0.29, 0.717) is 32.2 Å². The van der Waals surface area contributed by atoms with Crippen LogP contribution in [0.4, 0.5) is 0 Å². The highest BCUT2D eigenvalue weighted by Crippen LogP contribution is 2.27. The third-order valence-electron chi connectivity index (χ3n) is 7.92. The van der Waals surface area contributed by atoms with E-state index >= 15 is 0 Å². The van der Waals surface area contributed by atoms with Crippen LogP contribution in [0.1, 0.15) is 78.6 Å². The number of esters is 1. The number of ketones is 1. The van der Waals surface area contributed by atoms with Gasteiger partial charge in [-0.1, -0.05) is 38.3 Å². The molecule has 40 heavy (non-hydrogen) atoms. The second kappa shape index (κ2) is 17.6. The first-order valence-corrected chi connectivity index (χ1v) is 14.7. The normalized spacial score (nSPS) is 28.1. The van der Waals surface area contributed by atoms with Crippen molar-refractivity contribution in [2.75, 3.05) is 19.8 Å². The van der Waals surface area contributed by atoms with Crippen molar-refractivity contribution < 1.29 is 44.3 Å². The molecule has 0 aromatic carbocycles. The zero-order valence-corrected chi connectivity index (χ0v) is 24.2. The van der Waals surface area contributed by atoms with Gasteiger partial charge in [-0.15, -0.1) is 0 Å². The number of hydrogen-bond donors (Lipinski definition) is 5. The predicted molar refractivity (Wildman–Crippen MR) is 149 cm³/mol. The number of aliphatic hydroxyl groups is 4. The van der Waals surface area contributed by atoms with E-state index < -0.39 is 42.4 Å². The van der Waals surface area contributed by atoms with Gasteiger partial charge in [-0.3, -0.25) is 9.59 Å². The maximum Gasteiger partial charge on any atom is 0.330 e. The third-order valence-corrected chi connectivity index (χ3v) is 7.92. The van der Waals surface area contributed by atoms with Crippen LogP contribution in [0.25, 0.3) is 0 Å². The summed E-state index contributed by atoms with van der Waals surface area (Å²) >= 11 is 0. The SMILES string of the molecule is C/C(=C\C(=O)OCCCCCCCC(=O)[C@@H]1CCCNC1=O)[C@@H](O)[C@@H]1OC[C@H](C/C=C/[C@@H](C)[C@H](C)O)[C@@H](O)[C@H]1O. The van der Waals surface area contributed by atoms with E-state index in [2.05, 4.69) is 5.32 Å². The van der Waals surface area contributed by atoms with Crippen molar-refractivity contribution in [2.45, 2.75) is 109 Å². The van der Waals surface area contributed by atoms with Gasteiger partial charge in [-0.2, -0.15) is 0 Å². The molecule has 10 heteroatoms. The van der Waals surface area contributed by atoms with Gasteiger partial charge in [0.15, 0.2) is 0 Å². The molecule has 0 unspecified atom stereocenters. The van der Waals surface area contributed by atoms with Gasteiger partial charge < -0.3 is 35.2 Å². The van der Waals surface area contributed by atoms with Gasteiger partial charge in [-0.25, -0.2) is 4.79 Å². The number of aliphatic hydroxyl groups excluding tert-OH is 4. The molecular formula is C30H49NO9. The molecule has 8 atom stereocenters. The summed E-state index contributed by atoms with van der Waals surface area (Å²) in [6.45, 7) is 6.13. The molecule has 1 amide bonds. The van der Waals surface area contributed by atoms with Crippen molar-refractivity contribution in [3.63, 3.8) is 0 Å². The molecule has 0 aromatic heterocycles. The summed E-state index contributed by atoms with van der Waals surface area (Å²) < 4.78 is 10.9. The number of Topliss-reactive ketones (excluding diaryl/α,β-unsaturated/α-hetero) is 1. The number of hydrogen-bond acceptors (Lipinski definition) is 9. The van der Waals surface area contributed by atoms with Crippen molar-refractivity contribution in [3.05, 3.63) is 23.8 Å². The summed E-state index contributed by atoms with van der Waals surface area (Å²) in [4.78, 5) is 36.1. The van der Waals surface area contributed by atoms with Crippen LogP contribution in [0.2, 0.25) is 0 Å². The van der Waals surface area contributed by atoms with Crippen LogP contribution in [0, 0.1) is 17.8 Å². The molecule has 2 aliphatic heterocycles. The minimum absolute atomic E-state index is 0.0201. The largest absolute Gasteiger partial charge is 0.463 e. The highest BCUT2D eigenvalue weighted by Gasteiger charge is 2.41. The topological polar surface area (TPSA) is 163 Å². The van der Waals surface area contributed by atoms with Crippen LogP contribution < -0.4 is 5.32 Å². The van der Waals surface area contributed by atoms with Gasteiger partial charge in [-0.05, 0) is 57.4 Å². The molecule has 0 spiro atoms.